The summed E-state index contributed by atoms with van der Waals surface area (Å²) >= 11 is 5.52. The molecule has 1 rings (SSSR count). The molecular formula is C10H12ClNO. The lowest BCUT2D eigenvalue weighted by Crippen LogP contribution is -2.02. The quantitative estimate of drug-likeness (QED) is 0.579. The lowest BCUT2D eigenvalue weighted by Gasteiger charge is -2.03. The fraction of sp³-hybridized carbons (Fsp3) is 0.300. The van der Waals surface area contributed by atoms with Crippen molar-refractivity contribution in [1.82, 2.24) is 0 Å². The molecule has 1 N–H and O–H groups in total. The highest BCUT2D eigenvalue weighted by atomic mass is 35.5. The zero-order valence-electron chi connectivity index (χ0n) is 7.29. The van der Waals surface area contributed by atoms with E-state index in [1.54, 1.807) is 0 Å². The van der Waals surface area contributed by atoms with Crippen LogP contribution in [0.1, 0.15) is 5.56 Å². The van der Waals surface area contributed by atoms with Crippen molar-refractivity contribution >= 4 is 23.6 Å². The van der Waals surface area contributed by atoms with E-state index in [0.717, 1.165) is 24.1 Å². The monoisotopic (exact) mass is 197 g/mol. The largest absolute Gasteiger partial charge is 0.384 e. The Bertz CT molecular complexity index is 258. The summed E-state index contributed by atoms with van der Waals surface area (Å²) in [5, 5.41) is 3.14. The molecule has 0 spiro atoms. The highest BCUT2D eigenvalue weighted by molar-refractivity contribution is 6.18. The van der Waals surface area contributed by atoms with Crippen LogP contribution >= 0.6 is 11.6 Å². The summed E-state index contributed by atoms with van der Waals surface area (Å²) in [5.41, 5.74) is 2.07. The summed E-state index contributed by atoms with van der Waals surface area (Å²) in [5.74, 6) is 0.593. The predicted octanol–water partition coefficient (Wildman–Crippen LogP) is 2.08. The zero-order valence-corrected chi connectivity index (χ0v) is 8.05. The second-order valence-electron chi connectivity index (χ2n) is 2.68. The van der Waals surface area contributed by atoms with Gasteiger partial charge >= 0.3 is 0 Å². The number of alkyl halides is 1. The van der Waals surface area contributed by atoms with Crippen molar-refractivity contribution < 1.29 is 4.79 Å². The van der Waals surface area contributed by atoms with Crippen LogP contribution in [0.15, 0.2) is 24.3 Å². The van der Waals surface area contributed by atoms with E-state index in [-0.39, 0.29) is 0 Å². The molecule has 0 bridgehead atoms. The number of carbonyl (C=O) groups excluding carboxylic acids is 1. The van der Waals surface area contributed by atoms with Gasteiger partial charge in [0.1, 0.15) is 6.29 Å². The van der Waals surface area contributed by atoms with Crippen LogP contribution in [0.3, 0.4) is 0 Å². The van der Waals surface area contributed by atoms with Crippen LogP contribution in [0, 0.1) is 0 Å². The summed E-state index contributed by atoms with van der Waals surface area (Å²) in [6.07, 6.45) is 1.39. The Morgan fingerprint density at radius 3 is 2.54 bits per heavy atom. The topological polar surface area (TPSA) is 29.1 Å². The van der Waals surface area contributed by atoms with Gasteiger partial charge in [-0.05, 0) is 17.7 Å². The highest BCUT2D eigenvalue weighted by Gasteiger charge is 1.92. The molecule has 0 unspecified atom stereocenters. The Hall–Kier alpha value is -1.02. The van der Waals surface area contributed by atoms with E-state index >= 15 is 0 Å². The van der Waals surface area contributed by atoms with Crippen molar-refractivity contribution in [3.8, 4) is 0 Å². The average molecular weight is 198 g/mol. The van der Waals surface area contributed by atoms with Gasteiger partial charge in [0.15, 0.2) is 0 Å². The van der Waals surface area contributed by atoms with E-state index in [9.17, 15) is 4.79 Å². The minimum absolute atomic E-state index is 0.482. The Kier molecular flexibility index (Phi) is 4.33. The zero-order chi connectivity index (χ0) is 9.52. The number of carbonyl (C=O) groups is 1. The van der Waals surface area contributed by atoms with Crippen molar-refractivity contribution in [2.24, 2.45) is 0 Å². The van der Waals surface area contributed by atoms with E-state index in [2.05, 4.69) is 5.32 Å². The van der Waals surface area contributed by atoms with Crippen LogP contribution in [0.5, 0.6) is 0 Å². The van der Waals surface area contributed by atoms with Crippen molar-refractivity contribution in [3.05, 3.63) is 29.8 Å². The van der Waals surface area contributed by atoms with Crippen molar-refractivity contribution in [2.75, 3.05) is 17.7 Å². The van der Waals surface area contributed by atoms with Crippen LogP contribution in [0.2, 0.25) is 0 Å². The first-order valence-electron chi connectivity index (χ1n) is 4.19. The summed E-state index contributed by atoms with van der Waals surface area (Å²) in [6.45, 7) is 0.759. The summed E-state index contributed by atoms with van der Waals surface area (Å²) in [7, 11) is 0. The number of aldehydes is 1. The fourth-order valence-corrected chi connectivity index (χ4v) is 1.14. The first-order chi connectivity index (χ1) is 6.36. The molecule has 0 aliphatic rings. The van der Waals surface area contributed by atoms with Crippen LogP contribution in [-0.4, -0.2) is 18.7 Å². The number of benzene rings is 1. The van der Waals surface area contributed by atoms with Crippen LogP contribution < -0.4 is 5.32 Å². The molecular weight excluding hydrogens is 186 g/mol. The van der Waals surface area contributed by atoms with Crippen LogP contribution in [0.4, 0.5) is 5.69 Å². The van der Waals surface area contributed by atoms with Crippen LogP contribution in [0.25, 0.3) is 0 Å². The summed E-state index contributed by atoms with van der Waals surface area (Å²) < 4.78 is 0. The maximum absolute atomic E-state index is 10.2. The molecule has 0 aliphatic heterocycles. The van der Waals surface area contributed by atoms with Gasteiger partial charge in [0.25, 0.3) is 0 Å². The molecule has 0 aromatic heterocycles. The van der Waals surface area contributed by atoms with Gasteiger partial charge in [0.2, 0.25) is 0 Å². The molecule has 0 atom stereocenters. The number of hydrogen-bond acceptors (Lipinski definition) is 2. The van der Waals surface area contributed by atoms with Gasteiger partial charge < -0.3 is 10.1 Å². The molecule has 0 amide bonds. The van der Waals surface area contributed by atoms with E-state index in [0.29, 0.717) is 12.3 Å². The van der Waals surface area contributed by atoms with E-state index in [4.69, 9.17) is 11.6 Å². The first-order valence-corrected chi connectivity index (χ1v) is 4.72. The molecule has 0 aliphatic carbocycles. The lowest BCUT2D eigenvalue weighted by atomic mass is 10.1. The van der Waals surface area contributed by atoms with Crippen LogP contribution in [-0.2, 0) is 11.2 Å². The summed E-state index contributed by atoms with van der Waals surface area (Å²) in [4.78, 5) is 10.2. The number of halogens is 1. The number of hydrogen-bond donors (Lipinski definition) is 1. The molecule has 0 radical (unpaired) electrons. The SMILES string of the molecule is O=CCc1ccc(NCCCl)cc1. The molecule has 0 heterocycles. The first kappa shape index (κ1) is 10.1. The maximum Gasteiger partial charge on any atom is 0.124 e. The Labute approximate surface area is 82.9 Å². The predicted molar refractivity (Wildman–Crippen MR) is 55.4 cm³/mol. The minimum atomic E-state index is 0.482. The molecule has 1 aromatic carbocycles. The lowest BCUT2D eigenvalue weighted by molar-refractivity contribution is -0.107. The van der Waals surface area contributed by atoms with Gasteiger partial charge in [0.05, 0.1) is 0 Å². The molecule has 70 valence electrons. The molecule has 0 fully saturated rings. The van der Waals surface area contributed by atoms with Crippen molar-refractivity contribution in [2.45, 2.75) is 6.42 Å². The second-order valence-corrected chi connectivity index (χ2v) is 3.06. The Balaban J connectivity index is 2.53. The second kappa shape index (κ2) is 5.60. The number of rotatable bonds is 5. The molecule has 3 heteroatoms. The van der Waals surface area contributed by atoms with E-state index in [1.165, 1.54) is 0 Å². The van der Waals surface area contributed by atoms with Gasteiger partial charge in [-0.3, -0.25) is 0 Å². The average Bonchev–Trinajstić information content (AvgIpc) is 2.17. The molecule has 13 heavy (non-hydrogen) atoms. The minimum Gasteiger partial charge on any atom is -0.384 e. The van der Waals surface area contributed by atoms with Gasteiger partial charge in [-0.1, -0.05) is 12.1 Å². The number of anilines is 1. The van der Waals surface area contributed by atoms with E-state index < -0.39 is 0 Å². The van der Waals surface area contributed by atoms with Crippen molar-refractivity contribution in [3.63, 3.8) is 0 Å². The van der Waals surface area contributed by atoms with Gasteiger partial charge in [-0.25, -0.2) is 0 Å². The Morgan fingerprint density at radius 1 is 1.31 bits per heavy atom. The third-order valence-electron chi connectivity index (χ3n) is 1.70. The summed E-state index contributed by atoms with van der Waals surface area (Å²) in [6, 6.07) is 7.77. The van der Waals surface area contributed by atoms with Gasteiger partial charge in [0, 0.05) is 24.5 Å². The smallest absolute Gasteiger partial charge is 0.124 e. The standard InChI is InChI=1S/C10H12ClNO/c11-6-7-12-10-3-1-9(2-4-10)5-8-13/h1-4,8,12H,5-7H2. The molecule has 2 nitrogen and oxygen atoms in total. The van der Waals surface area contributed by atoms with E-state index in [1.807, 2.05) is 24.3 Å². The maximum atomic E-state index is 10.2. The Morgan fingerprint density at radius 2 is 2.00 bits per heavy atom. The normalized spacial score (nSPS) is 9.62. The molecule has 0 saturated heterocycles. The molecule has 1 aromatic rings. The van der Waals surface area contributed by atoms with Gasteiger partial charge in [-0.2, -0.15) is 0 Å². The third-order valence-corrected chi connectivity index (χ3v) is 1.89. The highest BCUT2D eigenvalue weighted by Crippen LogP contribution is 2.08. The molecule has 0 saturated carbocycles. The number of nitrogens with one attached hydrogen (secondary N) is 1. The third kappa shape index (κ3) is 3.47. The van der Waals surface area contributed by atoms with Gasteiger partial charge in [-0.15, -0.1) is 11.6 Å². The van der Waals surface area contributed by atoms with Crippen molar-refractivity contribution in [1.29, 1.82) is 0 Å². The fourth-order valence-electron chi connectivity index (χ4n) is 1.05.